The van der Waals surface area contributed by atoms with Gasteiger partial charge in [-0.1, -0.05) is 24.7 Å². The molecule has 2 aromatic rings. The Bertz CT molecular complexity index is 705. The molecule has 1 aromatic carbocycles. The Morgan fingerprint density at radius 3 is 2.75 bits per heavy atom. The first kappa shape index (κ1) is 17.2. The van der Waals surface area contributed by atoms with Gasteiger partial charge < -0.3 is 9.72 Å². The maximum absolute atomic E-state index is 12.0. The van der Waals surface area contributed by atoms with Crippen molar-refractivity contribution >= 4 is 11.3 Å². The van der Waals surface area contributed by atoms with E-state index in [1.54, 1.807) is 0 Å². The standard InChI is InChI=1S/C19H26N2O2S/c1-3-15-7-5-6-12-21(15)13-17-18(20-19(22)24-17)14-8-10-16(11-9-14)23-4-2/h8-11,15H,3-7,12-13H2,1-2H3,(H,20,22). The molecule has 0 amide bonds. The Kier molecular flexibility index (Phi) is 5.74. The molecule has 5 heteroatoms. The molecule has 1 saturated heterocycles. The minimum atomic E-state index is 0.0268. The number of nitrogens with zero attached hydrogens (tertiary/aromatic N) is 1. The van der Waals surface area contributed by atoms with E-state index in [-0.39, 0.29) is 4.87 Å². The summed E-state index contributed by atoms with van der Waals surface area (Å²) in [5.41, 5.74) is 2.02. The van der Waals surface area contributed by atoms with Gasteiger partial charge in [-0.2, -0.15) is 0 Å². The Morgan fingerprint density at radius 1 is 1.25 bits per heavy atom. The summed E-state index contributed by atoms with van der Waals surface area (Å²) in [6.45, 7) is 6.89. The zero-order valence-electron chi connectivity index (χ0n) is 14.5. The van der Waals surface area contributed by atoms with E-state index in [1.807, 2.05) is 31.2 Å². The van der Waals surface area contributed by atoms with Gasteiger partial charge in [0.15, 0.2) is 0 Å². The molecule has 1 unspecified atom stereocenters. The number of ether oxygens (including phenoxy) is 1. The molecule has 0 bridgehead atoms. The summed E-state index contributed by atoms with van der Waals surface area (Å²) in [6, 6.07) is 8.63. The number of hydrogen-bond donors (Lipinski definition) is 1. The van der Waals surface area contributed by atoms with Gasteiger partial charge in [0.05, 0.1) is 12.3 Å². The molecule has 0 spiro atoms. The Labute approximate surface area is 147 Å². The molecule has 1 aromatic heterocycles. The lowest BCUT2D eigenvalue weighted by molar-refractivity contribution is 0.137. The van der Waals surface area contributed by atoms with Crippen LogP contribution in [0.15, 0.2) is 29.1 Å². The second kappa shape index (κ2) is 7.99. The highest BCUT2D eigenvalue weighted by Crippen LogP contribution is 2.29. The quantitative estimate of drug-likeness (QED) is 0.850. The largest absolute Gasteiger partial charge is 0.494 e. The molecular formula is C19H26N2O2S. The molecule has 0 aliphatic carbocycles. The van der Waals surface area contributed by atoms with Crippen LogP contribution in [0.25, 0.3) is 11.3 Å². The second-order valence-corrected chi connectivity index (χ2v) is 7.37. The molecule has 1 atom stereocenters. The number of benzene rings is 1. The van der Waals surface area contributed by atoms with E-state index in [2.05, 4.69) is 16.8 Å². The molecule has 0 radical (unpaired) electrons. The summed E-state index contributed by atoms with van der Waals surface area (Å²) in [5, 5.41) is 0. The topological polar surface area (TPSA) is 45.3 Å². The van der Waals surface area contributed by atoms with E-state index in [0.29, 0.717) is 12.6 Å². The van der Waals surface area contributed by atoms with Crippen LogP contribution in [-0.4, -0.2) is 29.1 Å². The fraction of sp³-hybridized carbons (Fsp3) is 0.526. The predicted octanol–water partition coefficient (Wildman–Crippen LogP) is 4.27. The number of nitrogens with one attached hydrogen (secondary N) is 1. The van der Waals surface area contributed by atoms with Crippen LogP contribution in [0.5, 0.6) is 5.75 Å². The van der Waals surface area contributed by atoms with Crippen molar-refractivity contribution in [3.8, 4) is 17.0 Å². The van der Waals surface area contributed by atoms with E-state index >= 15 is 0 Å². The number of rotatable bonds is 6. The number of thiazole rings is 1. The van der Waals surface area contributed by atoms with Crippen LogP contribution in [-0.2, 0) is 6.54 Å². The van der Waals surface area contributed by atoms with Crippen LogP contribution in [0.1, 0.15) is 44.4 Å². The van der Waals surface area contributed by atoms with E-state index in [0.717, 1.165) is 35.0 Å². The number of hydrogen-bond acceptors (Lipinski definition) is 4. The third-order valence-corrected chi connectivity index (χ3v) is 5.61. The van der Waals surface area contributed by atoms with Crippen LogP contribution in [0.4, 0.5) is 0 Å². The van der Waals surface area contributed by atoms with Crippen molar-refractivity contribution in [3.63, 3.8) is 0 Å². The number of likely N-dealkylation sites (tertiary alicyclic amines) is 1. The summed E-state index contributed by atoms with van der Waals surface area (Å²) < 4.78 is 5.50. The highest BCUT2D eigenvalue weighted by Gasteiger charge is 2.23. The van der Waals surface area contributed by atoms with Crippen molar-refractivity contribution in [1.29, 1.82) is 0 Å². The Balaban J connectivity index is 1.83. The van der Waals surface area contributed by atoms with Gasteiger partial charge in [-0.15, -0.1) is 0 Å². The maximum Gasteiger partial charge on any atom is 0.305 e. The van der Waals surface area contributed by atoms with Gasteiger partial charge in [-0.3, -0.25) is 9.69 Å². The van der Waals surface area contributed by atoms with E-state index in [9.17, 15) is 4.79 Å². The van der Waals surface area contributed by atoms with Crippen LogP contribution in [0, 0.1) is 0 Å². The van der Waals surface area contributed by atoms with Crippen molar-refractivity contribution in [1.82, 2.24) is 9.88 Å². The highest BCUT2D eigenvalue weighted by atomic mass is 32.1. The number of piperidine rings is 1. The molecule has 1 aliphatic rings. The van der Waals surface area contributed by atoms with Gasteiger partial charge in [0.2, 0.25) is 0 Å². The van der Waals surface area contributed by atoms with E-state index in [4.69, 9.17) is 4.74 Å². The maximum atomic E-state index is 12.0. The van der Waals surface area contributed by atoms with Gasteiger partial charge in [0.1, 0.15) is 5.75 Å². The first-order valence-electron chi connectivity index (χ1n) is 8.90. The fourth-order valence-electron chi connectivity index (χ4n) is 3.50. The van der Waals surface area contributed by atoms with Crippen molar-refractivity contribution in [3.05, 3.63) is 38.8 Å². The minimum absolute atomic E-state index is 0.0268. The third-order valence-electron chi connectivity index (χ3n) is 4.74. The van der Waals surface area contributed by atoms with Gasteiger partial charge in [-0.25, -0.2) is 0 Å². The van der Waals surface area contributed by atoms with Gasteiger partial charge in [-0.05, 0) is 62.6 Å². The first-order valence-corrected chi connectivity index (χ1v) is 9.72. The Morgan fingerprint density at radius 2 is 2.04 bits per heavy atom. The lowest BCUT2D eigenvalue weighted by Crippen LogP contribution is -2.38. The van der Waals surface area contributed by atoms with Gasteiger partial charge >= 0.3 is 4.87 Å². The number of aromatic nitrogens is 1. The molecule has 1 aliphatic heterocycles. The van der Waals surface area contributed by atoms with Crippen molar-refractivity contribution in [2.75, 3.05) is 13.2 Å². The van der Waals surface area contributed by atoms with Gasteiger partial charge in [0.25, 0.3) is 0 Å². The Hall–Kier alpha value is -1.59. The predicted molar refractivity (Wildman–Crippen MR) is 99.9 cm³/mol. The van der Waals surface area contributed by atoms with Crippen molar-refractivity contribution in [2.24, 2.45) is 0 Å². The second-order valence-electron chi connectivity index (χ2n) is 6.30. The lowest BCUT2D eigenvalue weighted by Gasteiger charge is -2.35. The molecule has 130 valence electrons. The molecule has 4 nitrogen and oxygen atoms in total. The smallest absolute Gasteiger partial charge is 0.305 e. The molecule has 0 saturated carbocycles. The summed E-state index contributed by atoms with van der Waals surface area (Å²) in [6.07, 6.45) is 5.03. The molecule has 3 rings (SSSR count). The van der Waals surface area contributed by atoms with Crippen LogP contribution in [0.2, 0.25) is 0 Å². The number of H-pyrrole nitrogens is 1. The summed E-state index contributed by atoms with van der Waals surface area (Å²) in [5.74, 6) is 0.863. The van der Waals surface area contributed by atoms with Crippen LogP contribution < -0.4 is 9.61 Å². The molecule has 1 fully saturated rings. The fourth-order valence-corrected chi connectivity index (χ4v) is 4.38. The highest BCUT2D eigenvalue weighted by molar-refractivity contribution is 7.09. The number of aromatic amines is 1. The molecule has 2 heterocycles. The van der Waals surface area contributed by atoms with E-state index < -0.39 is 0 Å². The zero-order valence-corrected chi connectivity index (χ0v) is 15.3. The molecular weight excluding hydrogens is 320 g/mol. The van der Waals surface area contributed by atoms with E-state index in [1.165, 1.54) is 37.0 Å². The monoisotopic (exact) mass is 346 g/mol. The summed E-state index contributed by atoms with van der Waals surface area (Å²) in [7, 11) is 0. The van der Waals surface area contributed by atoms with Crippen LogP contribution >= 0.6 is 11.3 Å². The lowest BCUT2D eigenvalue weighted by atomic mass is 9.99. The molecule has 1 N–H and O–H groups in total. The van der Waals surface area contributed by atoms with Crippen molar-refractivity contribution < 1.29 is 4.74 Å². The molecule has 24 heavy (non-hydrogen) atoms. The SMILES string of the molecule is CCOc1ccc(-c2[nH]c(=O)sc2CN2CCCCC2CC)cc1. The minimum Gasteiger partial charge on any atom is -0.494 e. The first-order chi connectivity index (χ1) is 11.7. The zero-order chi connectivity index (χ0) is 16.9. The van der Waals surface area contributed by atoms with Gasteiger partial charge in [0, 0.05) is 17.5 Å². The normalized spacial score (nSPS) is 18.7. The summed E-state index contributed by atoms with van der Waals surface area (Å²) >= 11 is 1.35. The average molecular weight is 346 g/mol. The van der Waals surface area contributed by atoms with Crippen LogP contribution in [0.3, 0.4) is 0 Å². The average Bonchev–Trinajstić information content (AvgIpc) is 2.97. The summed E-state index contributed by atoms with van der Waals surface area (Å²) in [4.78, 5) is 18.7. The third kappa shape index (κ3) is 3.90. The van der Waals surface area contributed by atoms with Crippen molar-refractivity contribution in [2.45, 2.75) is 52.1 Å².